The second-order valence-electron chi connectivity index (χ2n) is 3.47. The van der Waals surface area contributed by atoms with Gasteiger partial charge >= 0.3 is 0 Å². The summed E-state index contributed by atoms with van der Waals surface area (Å²) in [5.74, 6) is -0.00706. The predicted molar refractivity (Wildman–Crippen MR) is 50.2 cm³/mol. The lowest BCUT2D eigenvalue weighted by molar-refractivity contribution is -0.143. The normalized spacial score (nSPS) is 20.9. The highest BCUT2D eigenvalue weighted by atomic mass is 16.2. The maximum absolute atomic E-state index is 11.2. The van der Waals surface area contributed by atoms with E-state index in [0.29, 0.717) is 13.1 Å². The van der Waals surface area contributed by atoms with Crippen molar-refractivity contribution in [2.45, 2.75) is 19.5 Å². The van der Waals surface area contributed by atoms with Gasteiger partial charge in [0.1, 0.15) is 6.04 Å². The SMILES string of the molecule is Cc1cnc(CN2CC(N)C2=O)cn1. The fourth-order valence-electron chi connectivity index (χ4n) is 1.37. The van der Waals surface area contributed by atoms with E-state index in [4.69, 9.17) is 5.73 Å². The lowest BCUT2D eigenvalue weighted by atomic mass is 10.1. The molecule has 5 nitrogen and oxygen atoms in total. The van der Waals surface area contributed by atoms with Crippen LogP contribution in [0.4, 0.5) is 0 Å². The Bertz CT molecular complexity index is 348. The molecule has 1 aliphatic rings. The van der Waals surface area contributed by atoms with Gasteiger partial charge in [0.2, 0.25) is 5.91 Å². The lowest BCUT2D eigenvalue weighted by Crippen LogP contribution is -2.60. The molecule has 0 saturated carbocycles. The Morgan fingerprint density at radius 3 is 2.86 bits per heavy atom. The number of nitrogens with two attached hydrogens (primary N) is 1. The smallest absolute Gasteiger partial charge is 0.241 e. The van der Waals surface area contributed by atoms with E-state index in [1.54, 1.807) is 17.3 Å². The van der Waals surface area contributed by atoms with Gasteiger partial charge in [-0.05, 0) is 6.92 Å². The minimum atomic E-state index is -0.312. The Morgan fingerprint density at radius 1 is 1.57 bits per heavy atom. The molecule has 2 heterocycles. The van der Waals surface area contributed by atoms with Gasteiger partial charge in [-0.25, -0.2) is 0 Å². The van der Waals surface area contributed by atoms with Crippen molar-refractivity contribution in [3.8, 4) is 0 Å². The van der Waals surface area contributed by atoms with Crippen LogP contribution < -0.4 is 5.73 Å². The largest absolute Gasteiger partial charge is 0.333 e. The van der Waals surface area contributed by atoms with Crippen LogP contribution in [0.1, 0.15) is 11.4 Å². The highest BCUT2D eigenvalue weighted by Gasteiger charge is 2.33. The first-order valence-electron chi connectivity index (χ1n) is 4.48. The molecule has 0 bridgehead atoms. The molecule has 0 aliphatic carbocycles. The van der Waals surface area contributed by atoms with Gasteiger partial charge < -0.3 is 10.6 Å². The van der Waals surface area contributed by atoms with E-state index < -0.39 is 0 Å². The molecule has 2 rings (SSSR count). The van der Waals surface area contributed by atoms with E-state index >= 15 is 0 Å². The Labute approximate surface area is 82.0 Å². The average molecular weight is 192 g/mol. The van der Waals surface area contributed by atoms with Crippen molar-refractivity contribution < 1.29 is 4.79 Å². The molecule has 0 spiro atoms. The summed E-state index contributed by atoms with van der Waals surface area (Å²) in [6.07, 6.45) is 3.38. The second-order valence-corrected chi connectivity index (χ2v) is 3.47. The quantitative estimate of drug-likeness (QED) is 0.638. The number of hydrogen-bond acceptors (Lipinski definition) is 4. The molecule has 1 aromatic rings. The van der Waals surface area contributed by atoms with Crippen LogP contribution in [0, 0.1) is 6.92 Å². The van der Waals surface area contributed by atoms with Crippen LogP contribution in [0.3, 0.4) is 0 Å². The number of likely N-dealkylation sites (tertiary alicyclic amines) is 1. The van der Waals surface area contributed by atoms with Gasteiger partial charge in [-0.3, -0.25) is 14.8 Å². The van der Waals surface area contributed by atoms with Gasteiger partial charge in [0.05, 0.1) is 24.1 Å². The molecule has 1 aliphatic heterocycles. The van der Waals surface area contributed by atoms with Gasteiger partial charge in [-0.2, -0.15) is 0 Å². The van der Waals surface area contributed by atoms with E-state index in [9.17, 15) is 4.79 Å². The molecule has 0 aromatic carbocycles. The topological polar surface area (TPSA) is 72.1 Å². The highest BCUT2D eigenvalue weighted by Crippen LogP contribution is 2.11. The van der Waals surface area contributed by atoms with Gasteiger partial charge in [-0.1, -0.05) is 0 Å². The first-order chi connectivity index (χ1) is 6.66. The van der Waals surface area contributed by atoms with Crippen LogP contribution in [-0.2, 0) is 11.3 Å². The fraction of sp³-hybridized carbons (Fsp3) is 0.444. The molecule has 1 saturated heterocycles. The van der Waals surface area contributed by atoms with Crippen molar-refractivity contribution in [3.63, 3.8) is 0 Å². The third-order valence-electron chi connectivity index (χ3n) is 2.23. The van der Waals surface area contributed by atoms with Crippen LogP contribution in [0.5, 0.6) is 0 Å². The van der Waals surface area contributed by atoms with E-state index in [1.807, 2.05) is 6.92 Å². The third-order valence-corrected chi connectivity index (χ3v) is 2.23. The fourth-order valence-corrected chi connectivity index (χ4v) is 1.37. The molecule has 1 unspecified atom stereocenters. The number of rotatable bonds is 2. The number of carbonyl (C=O) groups is 1. The van der Waals surface area contributed by atoms with Crippen LogP contribution in [0.15, 0.2) is 12.4 Å². The molecule has 1 fully saturated rings. The molecule has 0 radical (unpaired) electrons. The molecule has 2 N–H and O–H groups in total. The Kier molecular flexibility index (Phi) is 2.17. The van der Waals surface area contributed by atoms with Crippen LogP contribution >= 0.6 is 0 Å². The summed E-state index contributed by atoms with van der Waals surface area (Å²) in [4.78, 5) is 21.1. The second kappa shape index (κ2) is 3.34. The first kappa shape index (κ1) is 9.08. The summed E-state index contributed by atoms with van der Waals surface area (Å²) in [5.41, 5.74) is 7.14. The third kappa shape index (κ3) is 1.58. The monoisotopic (exact) mass is 192 g/mol. The zero-order valence-corrected chi connectivity index (χ0v) is 7.97. The van der Waals surface area contributed by atoms with E-state index in [0.717, 1.165) is 11.4 Å². The average Bonchev–Trinajstić information content (AvgIpc) is 2.20. The van der Waals surface area contributed by atoms with Crippen molar-refractivity contribution in [3.05, 3.63) is 23.8 Å². The number of amides is 1. The van der Waals surface area contributed by atoms with Crippen LogP contribution in [0.2, 0.25) is 0 Å². The lowest BCUT2D eigenvalue weighted by Gasteiger charge is -2.35. The molecule has 1 amide bonds. The first-order valence-corrected chi connectivity index (χ1v) is 4.48. The summed E-state index contributed by atoms with van der Waals surface area (Å²) >= 11 is 0. The van der Waals surface area contributed by atoms with Gasteiger partial charge in [0.25, 0.3) is 0 Å². The molecular formula is C9H12N4O. The number of aryl methyl sites for hydroxylation is 1. The summed E-state index contributed by atoms with van der Waals surface area (Å²) < 4.78 is 0. The van der Waals surface area contributed by atoms with Crippen molar-refractivity contribution in [1.82, 2.24) is 14.9 Å². The zero-order valence-electron chi connectivity index (χ0n) is 7.97. The predicted octanol–water partition coefficient (Wildman–Crippen LogP) is -0.545. The number of nitrogens with zero attached hydrogens (tertiary/aromatic N) is 3. The molecule has 5 heteroatoms. The molecule has 1 aromatic heterocycles. The van der Waals surface area contributed by atoms with Gasteiger partial charge in [-0.15, -0.1) is 0 Å². The van der Waals surface area contributed by atoms with E-state index in [2.05, 4.69) is 9.97 Å². The van der Waals surface area contributed by atoms with Crippen LogP contribution in [0.25, 0.3) is 0 Å². The number of β-lactam (4-membered cyclic amide) rings is 1. The standard InChI is InChI=1S/C9H12N4O/c1-6-2-12-7(3-11-6)4-13-5-8(10)9(13)14/h2-3,8H,4-5,10H2,1H3. The number of aromatic nitrogens is 2. The summed E-state index contributed by atoms with van der Waals surface area (Å²) in [5, 5.41) is 0. The molecule has 14 heavy (non-hydrogen) atoms. The maximum atomic E-state index is 11.2. The Balaban J connectivity index is 1.99. The van der Waals surface area contributed by atoms with E-state index in [-0.39, 0.29) is 11.9 Å². The van der Waals surface area contributed by atoms with Gasteiger partial charge in [0.15, 0.2) is 0 Å². The summed E-state index contributed by atoms with van der Waals surface area (Å²) in [7, 11) is 0. The molecular weight excluding hydrogens is 180 g/mol. The van der Waals surface area contributed by atoms with Crippen LogP contribution in [-0.4, -0.2) is 33.4 Å². The number of hydrogen-bond donors (Lipinski definition) is 1. The Morgan fingerprint density at radius 2 is 2.36 bits per heavy atom. The minimum Gasteiger partial charge on any atom is -0.333 e. The van der Waals surface area contributed by atoms with Crippen molar-refractivity contribution in [1.29, 1.82) is 0 Å². The Hall–Kier alpha value is -1.49. The minimum absolute atomic E-state index is 0.00706. The zero-order chi connectivity index (χ0) is 10.1. The van der Waals surface area contributed by atoms with Crippen molar-refractivity contribution >= 4 is 5.91 Å². The van der Waals surface area contributed by atoms with E-state index in [1.165, 1.54) is 0 Å². The molecule has 1 atom stereocenters. The van der Waals surface area contributed by atoms with Crippen molar-refractivity contribution in [2.24, 2.45) is 5.73 Å². The summed E-state index contributed by atoms with van der Waals surface area (Å²) in [6, 6.07) is -0.312. The number of carbonyl (C=O) groups excluding carboxylic acids is 1. The van der Waals surface area contributed by atoms with Crippen molar-refractivity contribution in [2.75, 3.05) is 6.54 Å². The summed E-state index contributed by atoms with van der Waals surface area (Å²) in [6.45, 7) is 3.01. The molecule has 74 valence electrons. The maximum Gasteiger partial charge on any atom is 0.241 e. The van der Waals surface area contributed by atoms with Gasteiger partial charge in [0, 0.05) is 12.7 Å². The highest BCUT2D eigenvalue weighted by molar-refractivity contribution is 5.87.